The van der Waals surface area contributed by atoms with Crippen molar-refractivity contribution in [1.82, 2.24) is 10.7 Å². The van der Waals surface area contributed by atoms with Crippen LogP contribution >= 0.6 is 11.6 Å². The van der Waals surface area contributed by atoms with Crippen LogP contribution in [-0.4, -0.2) is 24.6 Å². The molecule has 6 heteroatoms. The smallest absolute Gasteiger partial charge is 0.259 e. The second-order valence-corrected chi connectivity index (χ2v) is 4.83. The Labute approximate surface area is 133 Å². The third-order valence-corrected chi connectivity index (χ3v) is 2.97. The van der Waals surface area contributed by atoms with Crippen LogP contribution in [0.4, 0.5) is 0 Å². The van der Waals surface area contributed by atoms with Gasteiger partial charge in [0.1, 0.15) is 0 Å². The van der Waals surface area contributed by atoms with E-state index in [0.717, 1.165) is 5.56 Å². The van der Waals surface area contributed by atoms with Crippen LogP contribution in [0.1, 0.15) is 15.9 Å². The van der Waals surface area contributed by atoms with E-state index in [1.54, 1.807) is 24.3 Å². The molecule has 0 unspecified atom stereocenters. The lowest BCUT2D eigenvalue weighted by molar-refractivity contribution is -0.120. The van der Waals surface area contributed by atoms with Gasteiger partial charge < -0.3 is 5.32 Å². The quantitative estimate of drug-likeness (QED) is 0.656. The molecule has 0 aliphatic heterocycles. The Kier molecular flexibility index (Phi) is 5.68. The van der Waals surface area contributed by atoms with Gasteiger partial charge in [-0.1, -0.05) is 41.9 Å². The maximum absolute atomic E-state index is 11.8. The summed E-state index contributed by atoms with van der Waals surface area (Å²) in [5.74, 6) is -0.756. The number of carbonyl (C=O) groups is 2. The monoisotopic (exact) mass is 315 g/mol. The molecule has 0 spiro atoms. The predicted molar refractivity (Wildman–Crippen MR) is 86.0 cm³/mol. The zero-order valence-electron chi connectivity index (χ0n) is 11.6. The van der Waals surface area contributed by atoms with E-state index in [2.05, 4.69) is 15.8 Å². The van der Waals surface area contributed by atoms with Crippen molar-refractivity contribution in [1.29, 1.82) is 0 Å². The molecule has 0 aliphatic carbocycles. The van der Waals surface area contributed by atoms with Crippen molar-refractivity contribution in [3.63, 3.8) is 0 Å². The molecule has 22 heavy (non-hydrogen) atoms. The lowest BCUT2D eigenvalue weighted by atomic mass is 10.2. The molecule has 0 bridgehead atoms. The highest BCUT2D eigenvalue weighted by Crippen LogP contribution is 2.09. The SMILES string of the molecule is O=C(CNC(=O)c1ccc(Cl)cc1)N/N=C\c1ccccc1. The molecular formula is C16H14ClN3O2. The van der Waals surface area contributed by atoms with Crippen molar-refractivity contribution < 1.29 is 9.59 Å². The van der Waals surface area contributed by atoms with Crippen molar-refractivity contribution >= 4 is 29.6 Å². The number of nitrogens with one attached hydrogen (secondary N) is 2. The average Bonchev–Trinajstić information content (AvgIpc) is 2.54. The Hall–Kier alpha value is -2.66. The Morgan fingerprint density at radius 1 is 1.05 bits per heavy atom. The van der Waals surface area contributed by atoms with Gasteiger partial charge in [-0.05, 0) is 29.8 Å². The van der Waals surface area contributed by atoms with Crippen molar-refractivity contribution in [2.45, 2.75) is 0 Å². The van der Waals surface area contributed by atoms with Gasteiger partial charge in [-0.25, -0.2) is 5.43 Å². The second-order valence-electron chi connectivity index (χ2n) is 4.39. The fourth-order valence-corrected chi connectivity index (χ4v) is 1.75. The van der Waals surface area contributed by atoms with Crippen LogP contribution in [0.5, 0.6) is 0 Å². The highest BCUT2D eigenvalue weighted by Gasteiger charge is 2.07. The molecule has 0 aromatic heterocycles. The number of nitrogens with zero attached hydrogens (tertiary/aromatic N) is 1. The number of carbonyl (C=O) groups excluding carboxylic acids is 2. The topological polar surface area (TPSA) is 70.6 Å². The van der Waals surface area contributed by atoms with Gasteiger partial charge in [0.2, 0.25) is 0 Å². The van der Waals surface area contributed by atoms with Crippen LogP contribution in [0.25, 0.3) is 0 Å². The highest BCUT2D eigenvalue weighted by molar-refractivity contribution is 6.30. The normalized spacial score (nSPS) is 10.4. The lowest BCUT2D eigenvalue weighted by Crippen LogP contribution is -2.34. The molecular weight excluding hydrogens is 302 g/mol. The first kappa shape index (κ1) is 15.7. The van der Waals surface area contributed by atoms with Gasteiger partial charge in [0.05, 0.1) is 12.8 Å². The predicted octanol–water partition coefficient (Wildman–Crippen LogP) is 2.22. The average molecular weight is 316 g/mol. The van der Waals surface area contributed by atoms with E-state index >= 15 is 0 Å². The zero-order chi connectivity index (χ0) is 15.8. The minimum Gasteiger partial charge on any atom is -0.343 e. The number of rotatable bonds is 5. The third-order valence-electron chi connectivity index (χ3n) is 2.72. The van der Waals surface area contributed by atoms with Gasteiger partial charge in [0.15, 0.2) is 0 Å². The van der Waals surface area contributed by atoms with Gasteiger partial charge in [0.25, 0.3) is 11.8 Å². The maximum Gasteiger partial charge on any atom is 0.259 e. The largest absolute Gasteiger partial charge is 0.343 e. The van der Waals surface area contributed by atoms with Crippen LogP contribution in [0.3, 0.4) is 0 Å². The maximum atomic E-state index is 11.8. The van der Waals surface area contributed by atoms with Crippen LogP contribution in [0.15, 0.2) is 59.7 Å². The number of hydrogen-bond donors (Lipinski definition) is 2. The molecule has 0 fully saturated rings. The number of benzene rings is 2. The van der Waals surface area contributed by atoms with Crippen molar-refractivity contribution in [2.75, 3.05) is 6.54 Å². The summed E-state index contributed by atoms with van der Waals surface area (Å²) in [5, 5.41) is 6.86. The molecule has 2 rings (SSSR count). The molecule has 2 amide bonds. The summed E-state index contributed by atoms with van der Waals surface area (Å²) >= 11 is 5.74. The van der Waals surface area contributed by atoms with E-state index in [-0.39, 0.29) is 12.5 Å². The Balaban J connectivity index is 1.77. The minimum atomic E-state index is -0.408. The Bertz CT molecular complexity index is 670. The molecule has 2 aromatic rings. The number of hydrazone groups is 1. The van der Waals surface area contributed by atoms with Crippen LogP contribution in [-0.2, 0) is 4.79 Å². The highest BCUT2D eigenvalue weighted by atomic mass is 35.5. The van der Waals surface area contributed by atoms with E-state index < -0.39 is 5.91 Å². The van der Waals surface area contributed by atoms with Crippen LogP contribution in [0, 0.1) is 0 Å². The summed E-state index contributed by atoms with van der Waals surface area (Å²) in [7, 11) is 0. The number of hydrogen-bond acceptors (Lipinski definition) is 3. The molecule has 2 aromatic carbocycles. The molecule has 2 N–H and O–H groups in total. The molecule has 5 nitrogen and oxygen atoms in total. The van der Waals surface area contributed by atoms with Gasteiger partial charge in [0, 0.05) is 10.6 Å². The summed E-state index contributed by atoms with van der Waals surface area (Å²) < 4.78 is 0. The van der Waals surface area contributed by atoms with E-state index in [1.807, 2.05) is 30.3 Å². The Morgan fingerprint density at radius 2 is 1.73 bits per heavy atom. The number of halogens is 1. The standard InChI is InChI=1S/C16H14ClN3O2/c17-14-8-6-13(7-9-14)16(22)18-11-15(21)20-19-10-12-4-2-1-3-5-12/h1-10H,11H2,(H,18,22)(H,20,21)/b19-10-. The molecule has 0 aliphatic rings. The van der Waals surface area contributed by atoms with Gasteiger partial charge >= 0.3 is 0 Å². The summed E-state index contributed by atoms with van der Waals surface area (Å²) in [4.78, 5) is 23.3. The Morgan fingerprint density at radius 3 is 2.41 bits per heavy atom. The summed E-state index contributed by atoms with van der Waals surface area (Å²) in [6.07, 6.45) is 1.53. The first-order chi connectivity index (χ1) is 10.6. The van der Waals surface area contributed by atoms with E-state index in [4.69, 9.17) is 11.6 Å². The van der Waals surface area contributed by atoms with Gasteiger partial charge in [-0.3, -0.25) is 9.59 Å². The lowest BCUT2D eigenvalue weighted by Gasteiger charge is -2.04. The summed E-state index contributed by atoms with van der Waals surface area (Å²) in [5.41, 5.74) is 3.65. The van der Waals surface area contributed by atoms with Crippen molar-refractivity contribution in [2.24, 2.45) is 5.10 Å². The molecule has 112 valence electrons. The number of amides is 2. The second kappa shape index (κ2) is 7.95. The molecule has 0 atom stereocenters. The molecule has 0 saturated heterocycles. The molecule has 0 saturated carbocycles. The summed E-state index contributed by atoms with van der Waals surface area (Å²) in [6, 6.07) is 15.7. The third kappa shape index (κ3) is 5.03. The minimum absolute atomic E-state index is 0.159. The fraction of sp³-hybridized carbons (Fsp3) is 0.0625. The molecule has 0 heterocycles. The van der Waals surface area contributed by atoms with Gasteiger partial charge in [-0.15, -0.1) is 0 Å². The van der Waals surface area contributed by atoms with E-state index in [1.165, 1.54) is 6.21 Å². The van der Waals surface area contributed by atoms with E-state index in [9.17, 15) is 9.59 Å². The van der Waals surface area contributed by atoms with Crippen LogP contribution < -0.4 is 10.7 Å². The van der Waals surface area contributed by atoms with Gasteiger partial charge in [-0.2, -0.15) is 5.10 Å². The zero-order valence-corrected chi connectivity index (χ0v) is 12.4. The van der Waals surface area contributed by atoms with Crippen molar-refractivity contribution in [3.05, 3.63) is 70.7 Å². The molecule has 0 radical (unpaired) electrons. The summed E-state index contributed by atoms with van der Waals surface area (Å²) in [6.45, 7) is -0.159. The van der Waals surface area contributed by atoms with Crippen LogP contribution in [0.2, 0.25) is 5.02 Å². The van der Waals surface area contributed by atoms with Crippen molar-refractivity contribution in [3.8, 4) is 0 Å². The first-order valence-electron chi connectivity index (χ1n) is 6.56. The fourth-order valence-electron chi connectivity index (χ4n) is 1.62. The van der Waals surface area contributed by atoms with E-state index in [0.29, 0.717) is 10.6 Å². The first-order valence-corrected chi connectivity index (χ1v) is 6.93.